The van der Waals surface area contributed by atoms with Gasteiger partial charge >= 0.3 is 0 Å². The van der Waals surface area contributed by atoms with E-state index in [9.17, 15) is 0 Å². The summed E-state index contributed by atoms with van der Waals surface area (Å²) in [6.45, 7) is 5.71. The Morgan fingerprint density at radius 1 is 1.35 bits per heavy atom. The highest BCUT2D eigenvalue weighted by atomic mass is 16.5. The summed E-state index contributed by atoms with van der Waals surface area (Å²) in [4.78, 5) is 18.0. The first-order valence-corrected chi connectivity index (χ1v) is 8.21. The topological polar surface area (TPSA) is 67.5 Å². The number of fused-ring (bicyclic) bond motifs is 1. The summed E-state index contributed by atoms with van der Waals surface area (Å²) in [7, 11) is 3.92. The first-order chi connectivity index (χ1) is 11.2. The lowest BCUT2D eigenvalue weighted by Crippen LogP contribution is -2.45. The molecular formula is C16H25N5O2. The van der Waals surface area contributed by atoms with Crippen LogP contribution >= 0.6 is 0 Å². The van der Waals surface area contributed by atoms with Crippen LogP contribution in [0.15, 0.2) is 10.7 Å². The van der Waals surface area contributed by atoms with Gasteiger partial charge in [-0.15, -0.1) is 0 Å². The minimum Gasteiger partial charge on any atom is -0.422 e. The Labute approximate surface area is 136 Å². The van der Waals surface area contributed by atoms with Gasteiger partial charge in [0.1, 0.15) is 6.33 Å². The van der Waals surface area contributed by atoms with Gasteiger partial charge in [-0.05, 0) is 39.4 Å². The number of ether oxygens (including phenoxy) is 1. The van der Waals surface area contributed by atoms with Crippen LogP contribution in [0, 0.1) is 6.92 Å². The molecule has 7 nitrogen and oxygen atoms in total. The number of anilines is 1. The fourth-order valence-electron chi connectivity index (χ4n) is 3.20. The van der Waals surface area contributed by atoms with E-state index in [1.807, 2.05) is 6.92 Å². The lowest BCUT2D eigenvalue weighted by Gasteiger charge is -2.38. The first-order valence-electron chi connectivity index (χ1n) is 8.21. The summed E-state index contributed by atoms with van der Waals surface area (Å²) in [6.07, 6.45) is 4.79. The molecule has 1 aliphatic rings. The highest BCUT2D eigenvalue weighted by Crippen LogP contribution is 2.27. The Kier molecular flexibility index (Phi) is 5.07. The molecule has 0 amide bonds. The molecule has 1 fully saturated rings. The summed E-state index contributed by atoms with van der Waals surface area (Å²) in [6, 6.07) is 0.471. The van der Waals surface area contributed by atoms with Gasteiger partial charge in [-0.25, -0.2) is 9.97 Å². The van der Waals surface area contributed by atoms with Crippen LogP contribution in [0.1, 0.15) is 25.2 Å². The standard InChI is InChI=1S/C16H25N5O2/c1-12-19-14-15(17-11-18-16(14)23-12)21(7-4-10-22-3)13-5-8-20(2)9-6-13/h11,13H,4-10H2,1-3H3. The second-order valence-corrected chi connectivity index (χ2v) is 6.16. The van der Waals surface area contributed by atoms with Crippen LogP contribution in [0.3, 0.4) is 0 Å². The molecule has 0 aromatic carbocycles. The minimum atomic E-state index is 0.471. The van der Waals surface area contributed by atoms with E-state index in [2.05, 4.69) is 31.8 Å². The Bertz CT molecular complexity index is 636. The van der Waals surface area contributed by atoms with Crippen molar-refractivity contribution in [1.82, 2.24) is 19.9 Å². The van der Waals surface area contributed by atoms with Gasteiger partial charge in [0, 0.05) is 33.2 Å². The van der Waals surface area contributed by atoms with Crippen LogP contribution < -0.4 is 4.90 Å². The average Bonchev–Trinajstić information content (AvgIpc) is 2.93. The number of aromatic nitrogens is 3. The van der Waals surface area contributed by atoms with E-state index in [-0.39, 0.29) is 0 Å². The molecule has 126 valence electrons. The molecule has 0 bridgehead atoms. The Morgan fingerprint density at radius 2 is 2.13 bits per heavy atom. The number of hydrogen-bond acceptors (Lipinski definition) is 7. The lowest BCUT2D eigenvalue weighted by atomic mass is 10.0. The molecule has 0 spiro atoms. The molecule has 0 atom stereocenters. The molecular weight excluding hydrogens is 294 g/mol. The zero-order chi connectivity index (χ0) is 16.2. The number of likely N-dealkylation sites (tertiary alicyclic amines) is 1. The molecule has 0 radical (unpaired) electrons. The molecule has 23 heavy (non-hydrogen) atoms. The van der Waals surface area contributed by atoms with Crippen molar-refractivity contribution < 1.29 is 9.15 Å². The Balaban J connectivity index is 1.89. The van der Waals surface area contributed by atoms with Gasteiger partial charge in [0.25, 0.3) is 5.71 Å². The van der Waals surface area contributed by atoms with Crippen LogP contribution in [0.5, 0.6) is 0 Å². The van der Waals surface area contributed by atoms with Crippen LogP contribution in [0.25, 0.3) is 11.2 Å². The quantitative estimate of drug-likeness (QED) is 0.753. The predicted octanol–water partition coefficient (Wildman–Crippen LogP) is 1.86. The summed E-state index contributed by atoms with van der Waals surface area (Å²) >= 11 is 0. The number of hydrogen-bond donors (Lipinski definition) is 0. The highest BCUT2D eigenvalue weighted by Gasteiger charge is 2.26. The van der Waals surface area contributed by atoms with E-state index in [1.54, 1.807) is 13.4 Å². The van der Waals surface area contributed by atoms with E-state index in [1.165, 1.54) is 0 Å². The molecule has 0 unspecified atom stereocenters. The number of aryl methyl sites for hydroxylation is 1. The number of piperidine rings is 1. The van der Waals surface area contributed by atoms with Crippen molar-refractivity contribution in [2.75, 3.05) is 45.3 Å². The van der Waals surface area contributed by atoms with Gasteiger partial charge in [0.2, 0.25) is 0 Å². The van der Waals surface area contributed by atoms with E-state index in [4.69, 9.17) is 9.15 Å². The molecule has 0 N–H and O–H groups in total. The van der Waals surface area contributed by atoms with Crippen molar-refractivity contribution in [3.05, 3.63) is 12.2 Å². The van der Waals surface area contributed by atoms with Gasteiger partial charge in [0.05, 0.1) is 0 Å². The largest absolute Gasteiger partial charge is 0.422 e. The number of nitrogens with zero attached hydrogens (tertiary/aromatic N) is 5. The maximum atomic E-state index is 5.57. The Hall–Kier alpha value is -1.73. The van der Waals surface area contributed by atoms with Crippen molar-refractivity contribution >= 4 is 17.0 Å². The van der Waals surface area contributed by atoms with Gasteiger partial charge in [0.15, 0.2) is 17.2 Å². The van der Waals surface area contributed by atoms with Crippen molar-refractivity contribution in [3.63, 3.8) is 0 Å². The number of rotatable bonds is 6. The van der Waals surface area contributed by atoms with E-state index < -0.39 is 0 Å². The molecule has 2 aromatic rings. The second kappa shape index (κ2) is 7.23. The van der Waals surface area contributed by atoms with Crippen LogP contribution in [0.4, 0.5) is 5.82 Å². The molecule has 0 saturated carbocycles. The second-order valence-electron chi connectivity index (χ2n) is 6.16. The van der Waals surface area contributed by atoms with E-state index in [0.29, 0.717) is 17.6 Å². The van der Waals surface area contributed by atoms with Gasteiger partial charge < -0.3 is 19.0 Å². The third-order valence-electron chi connectivity index (χ3n) is 4.43. The molecule has 3 heterocycles. The Morgan fingerprint density at radius 3 is 2.87 bits per heavy atom. The third kappa shape index (κ3) is 3.61. The van der Waals surface area contributed by atoms with Gasteiger partial charge in [-0.1, -0.05) is 0 Å². The average molecular weight is 319 g/mol. The third-order valence-corrected chi connectivity index (χ3v) is 4.43. The number of methoxy groups -OCH3 is 1. The minimum absolute atomic E-state index is 0.471. The normalized spacial score (nSPS) is 17.0. The molecule has 7 heteroatoms. The summed E-state index contributed by atoms with van der Waals surface area (Å²) in [5.74, 6) is 1.51. The zero-order valence-electron chi connectivity index (χ0n) is 14.2. The van der Waals surface area contributed by atoms with Crippen molar-refractivity contribution in [1.29, 1.82) is 0 Å². The molecule has 1 aliphatic heterocycles. The molecule has 1 saturated heterocycles. The van der Waals surface area contributed by atoms with Gasteiger partial charge in [-0.2, -0.15) is 4.98 Å². The van der Waals surface area contributed by atoms with E-state index in [0.717, 1.165) is 56.8 Å². The fraction of sp³-hybridized carbons (Fsp3) is 0.688. The first kappa shape index (κ1) is 16.1. The SMILES string of the molecule is COCCCN(c1ncnc2oc(C)nc12)C1CCN(C)CC1. The van der Waals surface area contributed by atoms with Crippen molar-refractivity contribution in [3.8, 4) is 0 Å². The van der Waals surface area contributed by atoms with Crippen molar-refractivity contribution in [2.45, 2.75) is 32.2 Å². The number of oxazole rings is 1. The predicted molar refractivity (Wildman–Crippen MR) is 88.7 cm³/mol. The lowest BCUT2D eigenvalue weighted by molar-refractivity contribution is 0.193. The van der Waals surface area contributed by atoms with Crippen molar-refractivity contribution in [2.24, 2.45) is 0 Å². The van der Waals surface area contributed by atoms with Crippen LogP contribution in [0.2, 0.25) is 0 Å². The van der Waals surface area contributed by atoms with Crippen LogP contribution in [-0.2, 0) is 4.74 Å². The van der Waals surface area contributed by atoms with Gasteiger partial charge in [-0.3, -0.25) is 0 Å². The summed E-state index contributed by atoms with van der Waals surface area (Å²) in [5, 5.41) is 0. The molecule has 3 rings (SSSR count). The summed E-state index contributed by atoms with van der Waals surface area (Å²) in [5.41, 5.74) is 1.33. The fourth-order valence-corrected chi connectivity index (χ4v) is 3.20. The maximum absolute atomic E-state index is 5.57. The zero-order valence-corrected chi connectivity index (χ0v) is 14.2. The monoisotopic (exact) mass is 319 g/mol. The molecule has 2 aromatic heterocycles. The summed E-state index contributed by atoms with van der Waals surface area (Å²) < 4.78 is 10.8. The maximum Gasteiger partial charge on any atom is 0.252 e. The van der Waals surface area contributed by atoms with Crippen LogP contribution in [-0.4, -0.2) is 66.3 Å². The van der Waals surface area contributed by atoms with E-state index >= 15 is 0 Å². The molecule has 0 aliphatic carbocycles. The highest BCUT2D eigenvalue weighted by molar-refractivity contribution is 5.81. The smallest absolute Gasteiger partial charge is 0.252 e.